The van der Waals surface area contributed by atoms with Gasteiger partial charge in [-0.05, 0) is 36.4 Å². The summed E-state index contributed by atoms with van der Waals surface area (Å²) in [5.74, 6) is 0. The molecule has 0 aliphatic heterocycles. The van der Waals surface area contributed by atoms with Gasteiger partial charge in [0, 0.05) is 23.5 Å². The minimum atomic E-state index is 0.751. The number of aromatic nitrogens is 4. The third-order valence-corrected chi connectivity index (χ3v) is 6.45. The fourth-order valence-corrected chi connectivity index (χ4v) is 5.28. The number of benzene rings is 2. The fraction of sp³-hybridized carbons (Fsp3) is 0. The largest absolute Gasteiger partial charge is 0.452 e. The van der Waals surface area contributed by atoms with Gasteiger partial charge in [-0.1, -0.05) is 35.6 Å². The molecule has 7 aromatic rings. The molecule has 7 rings (SSSR count). The molecule has 29 heavy (non-hydrogen) atoms. The van der Waals surface area contributed by atoms with E-state index in [1.54, 1.807) is 17.5 Å². The van der Waals surface area contributed by atoms with E-state index in [-0.39, 0.29) is 0 Å². The number of imidazole rings is 1. The summed E-state index contributed by atoms with van der Waals surface area (Å²) in [7, 11) is 0. The topological polar surface area (TPSA) is 56.2 Å². The molecule has 0 bridgehead atoms. The smallest absolute Gasteiger partial charge is 0.195 e. The Morgan fingerprint density at radius 1 is 0.759 bits per heavy atom. The first-order chi connectivity index (χ1) is 14.4. The lowest BCUT2D eigenvalue weighted by atomic mass is 10.1. The molecule has 0 aliphatic rings. The molecular weight excluding hydrogens is 380 g/mol. The molecule has 0 saturated heterocycles. The van der Waals surface area contributed by atoms with Gasteiger partial charge in [-0.2, -0.15) is 0 Å². The summed E-state index contributed by atoms with van der Waals surface area (Å²) in [6, 6.07) is 20.4. The van der Waals surface area contributed by atoms with E-state index in [1.807, 2.05) is 30.5 Å². The minimum Gasteiger partial charge on any atom is -0.452 e. The van der Waals surface area contributed by atoms with Gasteiger partial charge >= 0.3 is 0 Å². The molecule has 0 saturated carbocycles. The van der Waals surface area contributed by atoms with Gasteiger partial charge < -0.3 is 4.42 Å². The van der Waals surface area contributed by atoms with Crippen molar-refractivity contribution < 1.29 is 4.42 Å². The van der Waals surface area contributed by atoms with Crippen LogP contribution in [0.5, 0.6) is 0 Å². The Kier molecular flexibility index (Phi) is 2.83. The number of pyridine rings is 2. The normalized spacial score (nSPS) is 12.1. The number of hydrogen-bond acceptors (Lipinski definition) is 5. The predicted molar refractivity (Wildman–Crippen MR) is 116 cm³/mol. The van der Waals surface area contributed by atoms with Gasteiger partial charge in [0.2, 0.25) is 0 Å². The number of thiazole rings is 1. The van der Waals surface area contributed by atoms with Crippen LogP contribution < -0.4 is 0 Å². The number of fused-ring (bicyclic) bond motifs is 8. The van der Waals surface area contributed by atoms with E-state index in [2.05, 4.69) is 50.8 Å². The number of rotatable bonds is 1. The Bertz CT molecular complexity index is 1720. The van der Waals surface area contributed by atoms with Crippen LogP contribution in [0, 0.1) is 0 Å². The molecule has 0 amide bonds. The van der Waals surface area contributed by atoms with Gasteiger partial charge in [-0.3, -0.25) is 14.4 Å². The lowest BCUT2D eigenvalue weighted by Gasteiger charge is -2.04. The van der Waals surface area contributed by atoms with E-state index in [0.717, 1.165) is 54.8 Å². The van der Waals surface area contributed by atoms with Crippen molar-refractivity contribution in [2.75, 3.05) is 0 Å². The summed E-state index contributed by atoms with van der Waals surface area (Å²) < 4.78 is 9.59. The molecule has 136 valence electrons. The quantitative estimate of drug-likeness (QED) is 0.341. The first-order valence-corrected chi connectivity index (χ1v) is 10.1. The van der Waals surface area contributed by atoms with Crippen molar-refractivity contribution >= 4 is 59.7 Å². The van der Waals surface area contributed by atoms with Crippen LogP contribution >= 0.6 is 11.3 Å². The van der Waals surface area contributed by atoms with Crippen LogP contribution in [0.4, 0.5) is 0 Å². The van der Waals surface area contributed by atoms with Crippen LogP contribution in [0.15, 0.2) is 77.5 Å². The van der Waals surface area contributed by atoms with Gasteiger partial charge in [0.05, 0.1) is 21.3 Å². The second-order valence-electron chi connectivity index (χ2n) is 6.96. The third kappa shape index (κ3) is 1.96. The van der Waals surface area contributed by atoms with Gasteiger partial charge in [0.1, 0.15) is 11.0 Å². The molecule has 5 aromatic heterocycles. The van der Waals surface area contributed by atoms with Crippen LogP contribution in [0.25, 0.3) is 59.5 Å². The van der Waals surface area contributed by atoms with Crippen molar-refractivity contribution in [2.24, 2.45) is 0 Å². The lowest BCUT2D eigenvalue weighted by Crippen LogP contribution is -1.84. The molecule has 5 nitrogen and oxygen atoms in total. The van der Waals surface area contributed by atoms with Crippen molar-refractivity contribution in [2.45, 2.75) is 0 Å². The summed E-state index contributed by atoms with van der Waals surface area (Å²) in [6.45, 7) is 0. The summed E-state index contributed by atoms with van der Waals surface area (Å²) in [6.07, 6.45) is 3.60. The minimum absolute atomic E-state index is 0.751. The summed E-state index contributed by atoms with van der Waals surface area (Å²) in [4.78, 5) is 14.8. The van der Waals surface area contributed by atoms with Gasteiger partial charge in [0.15, 0.2) is 16.1 Å². The maximum Gasteiger partial charge on any atom is 0.195 e. The molecule has 0 radical (unpaired) electrons. The Morgan fingerprint density at radius 3 is 2.66 bits per heavy atom. The van der Waals surface area contributed by atoms with Crippen LogP contribution in [0.3, 0.4) is 0 Å². The van der Waals surface area contributed by atoms with Crippen LogP contribution in [-0.4, -0.2) is 19.4 Å². The lowest BCUT2D eigenvalue weighted by molar-refractivity contribution is 0.668. The average molecular weight is 392 g/mol. The molecule has 5 heterocycles. The maximum atomic E-state index is 6.17. The Labute approximate surface area is 167 Å². The fourth-order valence-electron chi connectivity index (χ4n) is 4.11. The first kappa shape index (κ1) is 15.2. The van der Waals surface area contributed by atoms with Crippen LogP contribution in [-0.2, 0) is 0 Å². The van der Waals surface area contributed by atoms with Gasteiger partial charge in [-0.25, -0.2) is 4.98 Å². The van der Waals surface area contributed by atoms with Crippen molar-refractivity contribution in [3.63, 3.8) is 0 Å². The molecule has 0 N–H and O–H groups in total. The molecule has 0 fully saturated rings. The van der Waals surface area contributed by atoms with Crippen molar-refractivity contribution in [1.29, 1.82) is 0 Å². The zero-order valence-electron chi connectivity index (χ0n) is 15.0. The van der Waals surface area contributed by atoms with E-state index in [0.29, 0.717) is 0 Å². The highest BCUT2D eigenvalue weighted by Gasteiger charge is 2.18. The number of hydrogen-bond donors (Lipinski definition) is 0. The molecule has 0 atom stereocenters. The average Bonchev–Trinajstić information content (AvgIpc) is 3.42. The Balaban J connectivity index is 1.61. The highest BCUT2D eigenvalue weighted by atomic mass is 32.1. The van der Waals surface area contributed by atoms with Crippen molar-refractivity contribution in [1.82, 2.24) is 19.4 Å². The highest BCUT2D eigenvalue weighted by Crippen LogP contribution is 2.40. The van der Waals surface area contributed by atoms with E-state index >= 15 is 0 Å². The van der Waals surface area contributed by atoms with Crippen molar-refractivity contribution in [3.8, 4) is 11.1 Å². The van der Waals surface area contributed by atoms with E-state index in [9.17, 15) is 0 Å². The predicted octanol–water partition coefficient (Wildman–Crippen LogP) is 6.06. The highest BCUT2D eigenvalue weighted by molar-refractivity contribution is 7.24. The second kappa shape index (κ2) is 5.40. The zero-order valence-corrected chi connectivity index (χ0v) is 15.9. The monoisotopic (exact) mass is 392 g/mol. The standard InChI is InChI=1S/C23H12N4OS/c1-2-7-16-15(6-1)26-23-27(16)17-8-3-5-14(22(17)29-23)13-10-12-25-20-19-18(28-21(13)20)9-4-11-24-19/h1-12H. The van der Waals surface area contributed by atoms with Crippen LogP contribution in [0.2, 0.25) is 0 Å². The number of furan rings is 1. The second-order valence-corrected chi connectivity index (χ2v) is 7.94. The number of nitrogens with zero attached hydrogens (tertiary/aromatic N) is 4. The molecule has 0 spiro atoms. The Hall–Kier alpha value is -3.77. The molecule has 0 aliphatic carbocycles. The first-order valence-electron chi connectivity index (χ1n) is 9.30. The van der Waals surface area contributed by atoms with Crippen molar-refractivity contribution in [3.05, 3.63) is 73.1 Å². The Morgan fingerprint density at radius 2 is 1.66 bits per heavy atom. The maximum absolute atomic E-state index is 6.17. The molecular formula is C23H12N4OS. The van der Waals surface area contributed by atoms with E-state index < -0.39 is 0 Å². The van der Waals surface area contributed by atoms with Gasteiger partial charge in [0.25, 0.3) is 0 Å². The summed E-state index contributed by atoms with van der Waals surface area (Å²) >= 11 is 1.70. The van der Waals surface area contributed by atoms with Gasteiger partial charge in [-0.15, -0.1) is 0 Å². The number of para-hydroxylation sites is 2. The molecule has 0 unspecified atom stereocenters. The summed E-state index contributed by atoms with van der Waals surface area (Å²) in [5.41, 5.74) is 8.53. The van der Waals surface area contributed by atoms with E-state index in [4.69, 9.17) is 9.40 Å². The third-order valence-electron chi connectivity index (χ3n) is 5.36. The molecule has 6 heteroatoms. The molecule has 2 aromatic carbocycles. The van der Waals surface area contributed by atoms with Crippen LogP contribution in [0.1, 0.15) is 0 Å². The zero-order chi connectivity index (χ0) is 18.9. The van der Waals surface area contributed by atoms with E-state index in [1.165, 1.54) is 4.70 Å². The SMILES string of the molecule is c1ccc2c(c1)nc1sc3c(-c4ccnc5c4oc4cccnc45)cccc3n12. The summed E-state index contributed by atoms with van der Waals surface area (Å²) in [5, 5.41) is 0.